The van der Waals surface area contributed by atoms with E-state index in [0.717, 1.165) is 22.5 Å². The summed E-state index contributed by atoms with van der Waals surface area (Å²) in [6.07, 6.45) is 0. The molecule has 26 heavy (non-hydrogen) atoms. The highest BCUT2D eigenvalue weighted by Crippen LogP contribution is 2.30. The van der Waals surface area contributed by atoms with Gasteiger partial charge >= 0.3 is 0 Å². The molecule has 0 amide bonds. The van der Waals surface area contributed by atoms with E-state index in [1.807, 2.05) is 6.07 Å². The topological polar surface area (TPSA) is 12.9 Å². The normalized spacial score (nSPS) is 10.7. The van der Waals surface area contributed by atoms with Crippen molar-refractivity contribution in [3.8, 4) is 33.6 Å². The summed E-state index contributed by atoms with van der Waals surface area (Å²) in [5, 5.41) is 0. The third-order valence-corrected chi connectivity index (χ3v) is 4.63. The predicted molar refractivity (Wildman–Crippen MR) is 110 cm³/mol. The molecule has 3 aromatic carbocycles. The van der Waals surface area contributed by atoms with Gasteiger partial charge < -0.3 is 0 Å². The fraction of sp³-hybridized carbons (Fsp3) is 0.0800. The van der Waals surface area contributed by atoms with E-state index in [-0.39, 0.29) is 0 Å². The zero-order valence-electron chi connectivity index (χ0n) is 15.1. The number of aromatic nitrogens is 1. The van der Waals surface area contributed by atoms with E-state index in [9.17, 15) is 0 Å². The summed E-state index contributed by atoms with van der Waals surface area (Å²) in [5.41, 5.74) is 9.19. The molecule has 0 aliphatic rings. The first-order valence-electron chi connectivity index (χ1n) is 8.91. The van der Waals surface area contributed by atoms with Gasteiger partial charge in [-0.2, -0.15) is 0 Å². The third-order valence-electron chi connectivity index (χ3n) is 4.63. The van der Waals surface area contributed by atoms with Crippen LogP contribution in [0, 0.1) is 13.8 Å². The molecule has 0 atom stereocenters. The molecular formula is C25H21N. The van der Waals surface area contributed by atoms with Gasteiger partial charge in [0, 0.05) is 11.1 Å². The Bertz CT molecular complexity index is 950. The van der Waals surface area contributed by atoms with Crippen LogP contribution in [-0.4, -0.2) is 4.98 Å². The molecule has 0 spiro atoms. The van der Waals surface area contributed by atoms with E-state index >= 15 is 0 Å². The van der Waals surface area contributed by atoms with Gasteiger partial charge in [0.2, 0.25) is 0 Å². The maximum Gasteiger partial charge on any atom is 0.0715 e. The van der Waals surface area contributed by atoms with Crippen LogP contribution in [0.25, 0.3) is 33.6 Å². The fourth-order valence-corrected chi connectivity index (χ4v) is 3.07. The molecule has 0 N–H and O–H groups in total. The van der Waals surface area contributed by atoms with E-state index < -0.39 is 0 Å². The van der Waals surface area contributed by atoms with Gasteiger partial charge in [0.05, 0.1) is 11.4 Å². The molecule has 4 rings (SSSR count). The number of hydrogen-bond acceptors (Lipinski definition) is 1. The Morgan fingerprint density at radius 1 is 0.462 bits per heavy atom. The number of rotatable bonds is 3. The standard InChI is InChI=1S/C25H21N/c1-18-8-12-21(13-9-18)24-16-23(20-6-4-3-5-7-20)17-25(26-24)22-14-10-19(2)11-15-22/h3-17H,1-2H3. The minimum Gasteiger partial charge on any atom is -0.248 e. The summed E-state index contributed by atoms with van der Waals surface area (Å²) in [6, 6.07) is 32.0. The Morgan fingerprint density at radius 3 is 1.38 bits per heavy atom. The highest BCUT2D eigenvalue weighted by Gasteiger charge is 2.08. The molecule has 0 bridgehead atoms. The lowest BCUT2D eigenvalue weighted by molar-refractivity contribution is 1.31. The molecule has 1 heteroatoms. The SMILES string of the molecule is Cc1ccc(-c2cc(-c3ccccc3)cc(-c3ccc(C)cc3)n2)cc1. The first-order valence-corrected chi connectivity index (χ1v) is 8.91. The summed E-state index contributed by atoms with van der Waals surface area (Å²) >= 11 is 0. The van der Waals surface area contributed by atoms with Gasteiger partial charge in [-0.05, 0) is 37.1 Å². The van der Waals surface area contributed by atoms with Gasteiger partial charge in [-0.25, -0.2) is 4.98 Å². The first kappa shape index (κ1) is 16.3. The molecule has 126 valence electrons. The van der Waals surface area contributed by atoms with Crippen LogP contribution in [-0.2, 0) is 0 Å². The Kier molecular flexibility index (Phi) is 4.37. The molecular weight excluding hydrogens is 314 g/mol. The summed E-state index contributed by atoms with van der Waals surface area (Å²) in [4.78, 5) is 4.96. The zero-order valence-corrected chi connectivity index (χ0v) is 15.1. The van der Waals surface area contributed by atoms with Crippen LogP contribution in [0.4, 0.5) is 0 Å². The average molecular weight is 335 g/mol. The van der Waals surface area contributed by atoms with Crippen molar-refractivity contribution >= 4 is 0 Å². The highest BCUT2D eigenvalue weighted by molar-refractivity contribution is 5.76. The quantitative estimate of drug-likeness (QED) is 0.406. The molecule has 1 heterocycles. The van der Waals surface area contributed by atoms with Gasteiger partial charge in [0.1, 0.15) is 0 Å². The van der Waals surface area contributed by atoms with Crippen molar-refractivity contribution in [3.63, 3.8) is 0 Å². The number of nitrogens with zero attached hydrogens (tertiary/aromatic N) is 1. The lowest BCUT2D eigenvalue weighted by Crippen LogP contribution is -1.91. The smallest absolute Gasteiger partial charge is 0.0715 e. The van der Waals surface area contributed by atoms with Crippen LogP contribution in [0.5, 0.6) is 0 Å². The first-order chi connectivity index (χ1) is 12.7. The van der Waals surface area contributed by atoms with Crippen molar-refractivity contribution in [2.24, 2.45) is 0 Å². The van der Waals surface area contributed by atoms with Gasteiger partial charge in [0.25, 0.3) is 0 Å². The molecule has 4 aromatic rings. The highest BCUT2D eigenvalue weighted by atomic mass is 14.7. The number of hydrogen-bond donors (Lipinski definition) is 0. The van der Waals surface area contributed by atoms with E-state index in [1.165, 1.54) is 22.3 Å². The predicted octanol–water partition coefficient (Wildman–Crippen LogP) is 6.70. The Hall–Kier alpha value is -3.19. The summed E-state index contributed by atoms with van der Waals surface area (Å²) in [5.74, 6) is 0. The van der Waals surface area contributed by atoms with E-state index in [2.05, 4.69) is 98.8 Å². The van der Waals surface area contributed by atoms with Gasteiger partial charge in [-0.15, -0.1) is 0 Å². The van der Waals surface area contributed by atoms with Crippen molar-refractivity contribution in [2.45, 2.75) is 13.8 Å². The minimum atomic E-state index is 1.00. The molecule has 0 unspecified atom stereocenters. The number of benzene rings is 3. The lowest BCUT2D eigenvalue weighted by atomic mass is 9.99. The summed E-state index contributed by atoms with van der Waals surface area (Å²) in [6.45, 7) is 4.21. The Morgan fingerprint density at radius 2 is 0.923 bits per heavy atom. The summed E-state index contributed by atoms with van der Waals surface area (Å²) < 4.78 is 0. The number of aryl methyl sites for hydroxylation is 2. The van der Waals surface area contributed by atoms with Gasteiger partial charge in [0.15, 0.2) is 0 Å². The maximum atomic E-state index is 4.96. The second kappa shape index (κ2) is 6.97. The van der Waals surface area contributed by atoms with Crippen LogP contribution in [0.2, 0.25) is 0 Å². The van der Waals surface area contributed by atoms with Crippen LogP contribution in [0.1, 0.15) is 11.1 Å². The number of pyridine rings is 1. The van der Waals surface area contributed by atoms with Gasteiger partial charge in [-0.1, -0.05) is 90.0 Å². The second-order valence-corrected chi connectivity index (χ2v) is 6.72. The van der Waals surface area contributed by atoms with Crippen molar-refractivity contribution in [1.29, 1.82) is 0 Å². The van der Waals surface area contributed by atoms with Crippen molar-refractivity contribution in [3.05, 3.63) is 102 Å². The molecule has 0 aliphatic carbocycles. The van der Waals surface area contributed by atoms with Crippen molar-refractivity contribution in [1.82, 2.24) is 4.98 Å². The Balaban J connectivity index is 1.89. The van der Waals surface area contributed by atoms with Crippen molar-refractivity contribution < 1.29 is 0 Å². The van der Waals surface area contributed by atoms with Crippen LogP contribution in [0.15, 0.2) is 91.0 Å². The molecule has 0 saturated heterocycles. The van der Waals surface area contributed by atoms with E-state index in [0.29, 0.717) is 0 Å². The largest absolute Gasteiger partial charge is 0.248 e. The van der Waals surface area contributed by atoms with E-state index in [1.54, 1.807) is 0 Å². The fourth-order valence-electron chi connectivity index (χ4n) is 3.07. The monoisotopic (exact) mass is 335 g/mol. The molecule has 0 saturated carbocycles. The lowest BCUT2D eigenvalue weighted by Gasteiger charge is -2.11. The van der Waals surface area contributed by atoms with E-state index in [4.69, 9.17) is 4.98 Å². The van der Waals surface area contributed by atoms with Crippen LogP contribution in [0.3, 0.4) is 0 Å². The third kappa shape index (κ3) is 3.43. The minimum absolute atomic E-state index is 1.00. The molecule has 1 nitrogen and oxygen atoms in total. The summed E-state index contributed by atoms with van der Waals surface area (Å²) in [7, 11) is 0. The van der Waals surface area contributed by atoms with Crippen molar-refractivity contribution in [2.75, 3.05) is 0 Å². The Labute approximate surface area is 155 Å². The molecule has 0 fully saturated rings. The molecule has 0 radical (unpaired) electrons. The maximum absolute atomic E-state index is 4.96. The average Bonchev–Trinajstić information content (AvgIpc) is 2.69. The molecule has 1 aromatic heterocycles. The van der Waals surface area contributed by atoms with Gasteiger partial charge in [-0.3, -0.25) is 0 Å². The second-order valence-electron chi connectivity index (χ2n) is 6.72. The molecule has 0 aliphatic heterocycles. The zero-order chi connectivity index (χ0) is 17.9. The van der Waals surface area contributed by atoms with Crippen LogP contribution < -0.4 is 0 Å². The van der Waals surface area contributed by atoms with Crippen LogP contribution >= 0.6 is 0 Å².